The Morgan fingerprint density at radius 3 is 2.91 bits per heavy atom. The average Bonchev–Trinajstić information content (AvgIpc) is 2.07. The van der Waals surface area contributed by atoms with Crippen molar-refractivity contribution >= 4 is 23.5 Å². The molecule has 1 nitrogen and oxygen atoms in total. The van der Waals surface area contributed by atoms with Gasteiger partial charge in [-0.25, -0.2) is 0 Å². The molecule has 0 aromatic carbocycles. The topological polar surface area (TPSA) is 26.0 Å². The van der Waals surface area contributed by atoms with Crippen molar-refractivity contribution in [2.75, 3.05) is 17.3 Å². The van der Waals surface area contributed by atoms with E-state index in [9.17, 15) is 0 Å². The molecule has 0 spiro atoms. The summed E-state index contributed by atoms with van der Waals surface area (Å²) in [5.74, 6) is 3.89. The fourth-order valence-corrected chi connectivity index (χ4v) is 4.13. The molecule has 1 fully saturated rings. The first-order valence-electron chi connectivity index (χ1n) is 4.29. The van der Waals surface area contributed by atoms with Crippen LogP contribution in [0, 0.1) is 0 Å². The van der Waals surface area contributed by atoms with Gasteiger partial charge in [-0.05, 0) is 6.42 Å². The third kappa shape index (κ3) is 3.26. The Labute approximate surface area is 77.9 Å². The summed E-state index contributed by atoms with van der Waals surface area (Å²) >= 11 is 4.12. The molecule has 1 rings (SSSR count). The van der Waals surface area contributed by atoms with Crippen molar-refractivity contribution < 1.29 is 0 Å². The molecule has 1 aliphatic rings. The quantitative estimate of drug-likeness (QED) is 0.738. The highest BCUT2D eigenvalue weighted by Crippen LogP contribution is 2.26. The second-order valence-corrected chi connectivity index (χ2v) is 5.43. The van der Waals surface area contributed by atoms with E-state index in [4.69, 9.17) is 5.73 Å². The lowest BCUT2D eigenvalue weighted by molar-refractivity contribution is 0.600. The summed E-state index contributed by atoms with van der Waals surface area (Å²) in [6, 6.07) is 0.442. The Kier molecular flexibility index (Phi) is 4.72. The number of thioether (sulfide) groups is 2. The van der Waals surface area contributed by atoms with E-state index in [0.29, 0.717) is 6.04 Å². The smallest absolute Gasteiger partial charge is 0.0289 e. The van der Waals surface area contributed by atoms with Gasteiger partial charge in [0.1, 0.15) is 0 Å². The van der Waals surface area contributed by atoms with Gasteiger partial charge in [-0.15, -0.1) is 0 Å². The average molecular weight is 191 g/mol. The fraction of sp³-hybridized carbons (Fsp3) is 1.00. The summed E-state index contributed by atoms with van der Waals surface area (Å²) < 4.78 is 0. The third-order valence-electron chi connectivity index (χ3n) is 1.94. The van der Waals surface area contributed by atoms with Crippen LogP contribution in [0.4, 0.5) is 0 Å². The van der Waals surface area contributed by atoms with Gasteiger partial charge >= 0.3 is 0 Å². The summed E-state index contributed by atoms with van der Waals surface area (Å²) in [5, 5.41) is 0.730. The molecule has 0 aromatic rings. The minimum atomic E-state index is 0.442. The molecule has 0 amide bonds. The van der Waals surface area contributed by atoms with Crippen LogP contribution in [0.5, 0.6) is 0 Å². The lowest BCUT2D eigenvalue weighted by Crippen LogP contribution is -2.36. The van der Waals surface area contributed by atoms with Gasteiger partial charge < -0.3 is 5.73 Å². The molecule has 2 N–H and O–H groups in total. The monoisotopic (exact) mass is 191 g/mol. The molecule has 1 aliphatic heterocycles. The molecule has 0 bridgehead atoms. The number of rotatable bonds is 3. The van der Waals surface area contributed by atoms with Crippen molar-refractivity contribution in [1.82, 2.24) is 0 Å². The molecule has 0 aliphatic carbocycles. The van der Waals surface area contributed by atoms with Crippen molar-refractivity contribution in [3.8, 4) is 0 Å². The highest BCUT2D eigenvalue weighted by atomic mass is 32.2. The van der Waals surface area contributed by atoms with Crippen molar-refractivity contribution in [2.45, 2.75) is 31.1 Å². The predicted octanol–water partition coefficient (Wildman–Crippen LogP) is 1.96. The second kappa shape index (κ2) is 5.33. The van der Waals surface area contributed by atoms with Gasteiger partial charge in [0.25, 0.3) is 0 Å². The Morgan fingerprint density at radius 2 is 2.36 bits per heavy atom. The molecule has 11 heavy (non-hydrogen) atoms. The maximum atomic E-state index is 6.02. The number of hydrogen-bond donors (Lipinski definition) is 1. The minimum Gasteiger partial charge on any atom is -0.327 e. The molecule has 1 heterocycles. The van der Waals surface area contributed by atoms with Crippen LogP contribution in [0.3, 0.4) is 0 Å². The molecule has 1 saturated heterocycles. The van der Waals surface area contributed by atoms with Crippen LogP contribution >= 0.6 is 23.5 Å². The lowest BCUT2D eigenvalue weighted by Gasteiger charge is -2.26. The van der Waals surface area contributed by atoms with Gasteiger partial charge in [-0.3, -0.25) is 0 Å². The van der Waals surface area contributed by atoms with Crippen LogP contribution in [-0.4, -0.2) is 28.6 Å². The molecular weight excluding hydrogens is 174 g/mol. The summed E-state index contributed by atoms with van der Waals surface area (Å²) in [6.45, 7) is 2.21. The van der Waals surface area contributed by atoms with Crippen LogP contribution in [0.25, 0.3) is 0 Å². The van der Waals surface area contributed by atoms with E-state index in [2.05, 4.69) is 30.4 Å². The highest BCUT2D eigenvalue weighted by Gasteiger charge is 2.20. The minimum absolute atomic E-state index is 0.442. The standard InChI is InChI=1S/C8H17NS2/c1-2-3-7(9)8-6-10-4-5-11-8/h7-8H,2-6,9H2,1H3. The predicted molar refractivity (Wildman–Crippen MR) is 56.5 cm³/mol. The van der Waals surface area contributed by atoms with Crippen LogP contribution in [-0.2, 0) is 0 Å². The fourth-order valence-electron chi connectivity index (χ4n) is 1.27. The van der Waals surface area contributed by atoms with Gasteiger partial charge in [0.15, 0.2) is 0 Å². The van der Waals surface area contributed by atoms with E-state index >= 15 is 0 Å². The maximum absolute atomic E-state index is 6.02. The molecule has 0 radical (unpaired) electrons. The van der Waals surface area contributed by atoms with E-state index in [-0.39, 0.29) is 0 Å². The Balaban J connectivity index is 2.21. The molecular formula is C8H17NS2. The summed E-state index contributed by atoms with van der Waals surface area (Å²) in [5.41, 5.74) is 6.02. The summed E-state index contributed by atoms with van der Waals surface area (Å²) in [4.78, 5) is 0. The first kappa shape index (κ1) is 9.75. The van der Waals surface area contributed by atoms with Crippen molar-refractivity contribution in [3.63, 3.8) is 0 Å². The normalized spacial score (nSPS) is 28.4. The van der Waals surface area contributed by atoms with E-state index in [1.54, 1.807) is 0 Å². The summed E-state index contributed by atoms with van der Waals surface area (Å²) in [6.07, 6.45) is 2.42. The van der Waals surface area contributed by atoms with Gasteiger partial charge in [0.2, 0.25) is 0 Å². The zero-order chi connectivity index (χ0) is 8.10. The van der Waals surface area contributed by atoms with Crippen LogP contribution < -0.4 is 5.73 Å². The molecule has 66 valence electrons. The molecule has 0 aromatic heterocycles. The zero-order valence-corrected chi connectivity index (χ0v) is 8.72. The van der Waals surface area contributed by atoms with Crippen molar-refractivity contribution in [1.29, 1.82) is 0 Å². The Hall–Kier alpha value is 0.660. The van der Waals surface area contributed by atoms with E-state index in [1.165, 1.54) is 30.1 Å². The largest absolute Gasteiger partial charge is 0.327 e. The molecule has 2 unspecified atom stereocenters. The molecule has 2 atom stereocenters. The molecule has 0 saturated carbocycles. The number of hydrogen-bond acceptors (Lipinski definition) is 3. The van der Waals surface area contributed by atoms with E-state index < -0.39 is 0 Å². The number of nitrogens with two attached hydrogens (primary N) is 1. The SMILES string of the molecule is CCCC(N)C1CSCCS1. The van der Waals surface area contributed by atoms with Crippen molar-refractivity contribution in [2.24, 2.45) is 5.73 Å². The van der Waals surface area contributed by atoms with Gasteiger partial charge in [-0.1, -0.05) is 13.3 Å². The zero-order valence-electron chi connectivity index (χ0n) is 7.08. The van der Waals surface area contributed by atoms with E-state index in [0.717, 1.165) is 5.25 Å². The first-order chi connectivity index (χ1) is 5.34. The second-order valence-electron chi connectivity index (χ2n) is 2.94. The Bertz CT molecular complexity index is 102. The first-order valence-corrected chi connectivity index (χ1v) is 6.50. The summed E-state index contributed by atoms with van der Waals surface area (Å²) in [7, 11) is 0. The van der Waals surface area contributed by atoms with Crippen LogP contribution in [0.2, 0.25) is 0 Å². The maximum Gasteiger partial charge on any atom is 0.0289 e. The third-order valence-corrected chi connectivity index (χ3v) is 4.88. The van der Waals surface area contributed by atoms with Crippen LogP contribution in [0.1, 0.15) is 19.8 Å². The highest BCUT2D eigenvalue weighted by molar-refractivity contribution is 8.06. The van der Waals surface area contributed by atoms with E-state index in [1.807, 2.05) is 0 Å². The van der Waals surface area contributed by atoms with Crippen LogP contribution in [0.15, 0.2) is 0 Å². The molecule has 3 heteroatoms. The van der Waals surface area contributed by atoms with Gasteiger partial charge in [-0.2, -0.15) is 23.5 Å². The van der Waals surface area contributed by atoms with Gasteiger partial charge in [0, 0.05) is 28.6 Å². The van der Waals surface area contributed by atoms with Crippen molar-refractivity contribution in [3.05, 3.63) is 0 Å². The van der Waals surface area contributed by atoms with Gasteiger partial charge in [0.05, 0.1) is 0 Å². The Morgan fingerprint density at radius 1 is 1.55 bits per heavy atom. The lowest BCUT2D eigenvalue weighted by atomic mass is 10.1.